The number of nitrogens with zero attached hydrogens (tertiary/aromatic N) is 1. The van der Waals surface area contributed by atoms with E-state index in [-0.39, 0.29) is 31.3 Å². The van der Waals surface area contributed by atoms with Crippen molar-refractivity contribution in [2.75, 3.05) is 18.1 Å². The molecule has 0 bridgehead atoms. The Morgan fingerprint density at radius 2 is 1.92 bits per heavy atom. The second-order valence-electron chi connectivity index (χ2n) is 6.22. The van der Waals surface area contributed by atoms with Gasteiger partial charge in [-0.05, 0) is 29.7 Å². The van der Waals surface area contributed by atoms with Crippen LogP contribution in [0.5, 0.6) is 0 Å². The van der Waals surface area contributed by atoms with E-state index >= 15 is 0 Å². The monoisotopic (exact) mass is 364 g/mol. The van der Waals surface area contributed by atoms with Crippen LogP contribution < -0.4 is 5.32 Å². The van der Waals surface area contributed by atoms with Crippen LogP contribution in [-0.4, -0.2) is 31.4 Å². The highest BCUT2D eigenvalue weighted by molar-refractivity contribution is 7.88. The van der Waals surface area contributed by atoms with E-state index in [1.165, 1.54) is 10.6 Å². The summed E-state index contributed by atoms with van der Waals surface area (Å²) in [4.78, 5) is 12.3. The summed E-state index contributed by atoms with van der Waals surface area (Å²) in [6, 6.07) is 11.0. The predicted octanol–water partition coefficient (Wildman–Crippen LogP) is 3.19. The molecule has 1 N–H and O–H groups in total. The molecule has 0 saturated heterocycles. The summed E-state index contributed by atoms with van der Waals surface area (Å²) in [7, 11) is -3.44. The lowest BCUT2D eigenvalue weighted by Gasteiger charge is -2.19. The summed E-state index contributed by atoms with van der Waals surface area (Å²) in [5.74, 6) is 0.597. The van der Waals surface area contributed by atoms with Gasteiger partial charge in [-0.15, -0.1) is 0 Å². The average molecular weight is 364 g/mol. The number of benzene rings is 1. The van der Waals surface area contributed by atoms with Crippen LogP contribution in [0.4, 0.5) is 5.69 Å². The van der Waals surface area contributed by atoms with Gasteiger partial charge < -0.3 is 9.73 Å². The number of rotatable bonds is 8. The fourth-order valence-electron chi connectivity index (χ4n) is 2.49. The molecule has 1 amide bonds. The number of para-hydroxylation sites is 1. The number of hydrogen-bond donors (Lipinski definition) is 1. The van der Waals surface area contributed by atoms with Crippen LogP contribution in [0.3, 0.4) is 0 Å². The molecular formula is C18H24N2O4S. The third-order valence-electron chi connectivity index (χ3n) is 3.83. The fraction of sp³-hybridized carbons (Fsp3) is 0.389. The van der Waals surface area contributed by atoms with Gasteiger partial charge in [-0.3, -0.25) is 4.79 Å². The van der Waals surface area contributed by atoms with Crippen molar-refractivity contribution in [3.8, 4) is 0 Å². The molecule has 0 unspecified atom stereocenters. The van der Waals surface area contributed by atoms with Crippen molar-refractivity contribution in [2.45, 2.75) is 32.7 Å². The molecule has 0 radical (unpaired) electrons. The van der Waals surface area contributed by atoms with Crippen LogP contribution in [0, 0.1) is 0 Å². The van der Waals surface area contributed by atoms with Gasteiger partial charge in [-0.2, -0.15) is 4.31 Å². The minimum atomic E-state index is -3.44. The quantitative estimate of drug-likeness (QED) is 0.780. The van der Waals surface area contributed by atoms with E-state index in [4.69, 9.17) is 4.42 Å². The molecule has 0 aliphatic carbocycles. The summed E-state index contributed by atoms with van der Waals surface area (Å²) in [6.45, 7) is 4.32. The predicted molar refractivity (Wildman–Crippen MR) is 97.7 cm³/mol. The maximum atomic E-state index is 12.3. The second-order valence-corrected chi connectivity index (χ2v) is 8.20. The average Bonchev–Trinajstić information content (AvgIpc) is 3.03. The summed E-state index contributed by atoms with van der Waals surface area (Å²) in [5.41, 5.74) is 1.81. The van der Waals surface area contributed by atoms with E-state index in [1.807, 2.05) is 24.3 Å². The molecule has 0 saturated carbocycles. The first-order chi connectivity index (χ1) is 11.8. The van der Waals surface area contributed by atoms with Gasteiger partial charge >= 0.3 is 0 Å². The number of amides is 1. The van der Waals surface area contributed by atoms with Crippen molar-refractivity contribution >= 4 is 21.6 Å². The van der Waals surface area contributed by atoms with E-state index < -0.39 is 10.0 Å². The Morgan fingerprint density at radius 1 is 1.20 bits per heavy atom. The number of hydrogen-bond acceptors (Lipinski definition) is 4. The molecule has 7 heteroatoms. The smallest absolute Gasteiger partial charge is 0.225 e. The van der Waals surface area contributed by atoms with Gasteiger partial charge in [0, 0.05) is 18.7 Å². The molecule has 0 fully saturated rings. The third-order valence-corrected chi connectivity index (χ3v) is 5.08. The standard InChI is InChI=1S/C18H24N2O4S/c1-14(2)16-8-4-5-9-17(16)19-18(21)10-11-20(25(3,22)23)13-15-7-6-12-24-15/h4-9,12,14H,10-11,13H2,1-3H3,(H,19,21). The van der Waals surface area contributed by atoms with Crippen molar-refractivity contribution in [1.29, 1.82) is 0 Å². The zero-order valence-electron chi connectivity index (χ0n) is 14.7. The van der Waals surface area contributed by atoms with Crippen molar-refractivity contribution in [2.24, 2.45) is 0 Å². The molecule has 136 valence electrons. The van der Waals surface area contributed by atoms with Crippen molar-refractivity contribution < 1.29 is 17.6 Å². The Bertz CT molecular complexity index is 798. The molecule has 2 rings (SSSR count). The molecule has 1 heterocycles. The number of carbonyl (C=O) groups excluding carboxylic acids is 1. The number of furan rings is 1. The van der Waals surface area contributed by atoms with Gasteiger partial charge in [-0.25, -0.2) is 8.42 Å². The van der Waals surface area contributed by atoms with Gasteiger partial charge in [0.05, 0.1) is 19.1 Å². The number of sulfonamides is 1. The Kier molecular flexibility index (Phi) is 6.39. The molecule has 0 atom stereocenters. The fourth-order valence-corrected chi connectivity index (χ4v) is 3.28. The highest BCUT2D eigenvalue weighted by atomic mass is 32.2. The molecule has 1 aromatic carbocycles. The lowest BCUT2D eigenvalue weighted by Crippen LogP contribution is -2.32. The topological polar surface area (TPSA) is 79.6 Å². The lowest BCUT2D eigenvalue weighted by atomic mass is 10.0. The van der Waals surface area contributed by atoms with Crippen LogP contribution >= 0.6 is 0 Å². The first kappa shape index (κ1) is 19.2. The highest BCUT2D eigenvalue weighted by Crippen LogP contribution is 2.23. The van der Waals surface area contributed by atoms with Crippen LogP contribution in [0.15, 0.2) is 47.1 Å². The van der Waals surface area contributed by atoms with E-state index in [0.717, 1.165) is 17.5 Å². The number of carbonyl (C=O) groups is 1. The van der Waals surface area contributed by atoms with Crippen LogP contribution in [0.2, 0.25) is 0 Å². The SMILES string of the molecule is CC(C)c1ccccc1NC(=O)CCN(Cc1ccco1)S(C)(=O)=O. The molecule has 0 spiro atoms. The normalized spacial score (nSPS) is 11.9. The van der Waals surface area contributed by atoms with E-state index in [2.05, 4.69) is 19.2 Å². The molecule has 1 aromatic heterocycles. The molecule has 25 heavy (non-hydrogen) atoms. The van der Waals surface area contributed by atoms with E-state index in [9.17, 15) is 13.2 Å². The van der Waals surface area contributed by atoms with Gasteiger partial charge in [0.25, 0.3) is 0 Å². The van der Waals surface area contributed by atoms with Crippen molar-refractivity contribution in [3.63, 3.8) is 0 Å². The summed E-state index contributed by atoms with van der Waals surface area (Å²) >= 11 is 0. The Morgan fingerprint density at radius 3 is 2.52 bits per heavy atom. The zero-order valence-corrected chi connectivity index (χ0v) is 15.5. The molecule has 0 aliphatic heterocycles. The maximum absolute atomic E-state index is 12.3. The minimum Gasteiger partial charge on any atom is -0.468 e. The zero-order chi connectivity index (χ0) is 18.4. The molecule has 2 aromatic rings. The second kappa shape index (κ2) is 8.31. The summed E-state index contributed by atoms with van der Waals surface area (Å²) in [5, 5.41) is 2.87. The van der Waals surface area contributed by atoms with Crippen molar-refractivity contribution in [1.82, 2.24) is 4.31 Å². The van der Waals surface area contributed by atoms with Crippen molar-refractivity contribution in [3.05, 3.63) is 54.0 Å². The van der Waals surface area contributed by atoms with Crippen LogP contribution in [0.25, 0.3) is 0 Å². The van der Waals surface area contributed by atoms with Gasteiger partial charge in [-0.1, -0.05) is 32.0 Å². The summed E-state index contributed by atoms with van der Waals surface area (Å²) < 4.78 is 30.3. The van der Waals surface area contributed by atoms with Crippen LogP contribution in [-0.2, 0) is 21.4 Å². The Labute approximate surface area is 148 Å². The van der Waals surface area contributed by atoms with Gasteiger partial charge in [0.2, 0.25) is 15.9 Å². The third kappa shape index (κ3) is 5.72. The number of nitrogens with one attached hydrogen (secondary N) is 1. The molecule has 6 nitrogen and oxygen atoms in total. The maximum Gasteiger partial charge on any atom is 0.225 e. The molecule has 0 aliphatic rings. The van der Waals surface area contributed by atoms with Gasteiger partial charge in [0.1, 0.15) is 5.76 Å². The first-order valence-corrected chi connectivity index (χ1v) is 9.98. The largest absolute Gasteiger partial charge is 0.468 e. The summed E-state index contributed by atoms with van der Waals surface area (Å²) in [6.07, 6.45) is 2.69. The molecular weight excluding hydrogens is 340 g/mol. The van der Waals surface area contributed by atoms with Gasteiger partial charge in [0.15, 0.2) is 0 Å². The Balaban J connectivity index is 1.99. The first-order valence-electron chi connectivity index (χ1n) is 8.13. The number of anilines is 1. The Hall–Kier alpha value is -2.12. The van der Waals surface area contributed by atoms with E-state index in [0.29, 0.717) is 5.76 Å². The lowest BCUT2D eigenvalue weighted by molar-refractivity contribution is -0.116. The highest BCUT2D eigenvalue weighted by Gasteiger charge is 2.20. The van der Waals surface area contributed by atoms with E-state index in [1.54, 1.807) is 12.1 Å². The minimum absolute atomic E-state index is 0.0697. The van der Waals surface area contributed by atoms with Crippen LogP contribution in [0.1, 0.15) is 37.5 Å².